The molecule has 1 N–H and O–H groups in total. The van der Waals surface area contributed by atoms with E-state index in [9.17, 15) is 9.59 Å². The molecule has 7 heteroatoms. The number of amides is 2. The summed E-state index contributed by atoms with van der Waals surface area (Å²) in [5.74, 6) is 0.0377. The molecule has 2 aliphatic heterocycles. The smallest absolute Gasteiger partial charge is 0.410 e. The highest BCUT2D eigenvalue weighted by atomic mass is 35.5. The van der Waals surface area contributed by atoms with Gasteiger partial charge >= 0.3 is 6.09 Å². The lowest BCUT2D eigenvalue weighted by molar-refractivity contribution is -0.140. The van der Waals surface area contributed by atoms with Crippen LogP contribution < -0.4 is 5.32 Å². The Labute approximate surface area is 148 Å². The van der Waals surface area contributed by atoms with Crippen molar-refractivity contribution in [2.75, 3.05) is 33.2 Å². The summed E-state index contributed by atoms with van der Waals surface area (Å²) in [4.78, 5) is 27.8. The maximum absolute atomic E-state index is 12.4. The fourth-order valence-corrected chi connectivity index (χ4v) is 3.03. The van der Waals surface area contributed by atoms with Gasteiger partial charge in [-0.15, -0.1) is 12.4 Å². The molecule has 6 nitrogen and oxygen atoms in total. The first-order chi connectivity index (χ1) is 11.1. The summed E-state index contributed by atoms with van der Waals surface area (Å²) in [6, 6.07) is 9.86. The van der Waals surface area contributed by atoms with E-state index in [2.05, 4.69) is 5.32 Å². The number of ether oxygens (including phenoxy) is 1. The van der Waals surface area contributed by atoms with E-state index < -0.39 is 0 Å². The van der Waals surface area contributed by atoms with Gasteiger partial charge in [0.15, 0.2) is 0 Å². The summed E-state index contributed by atoms with van der Waals surface area (Å²) in [6.07, 6.45) is 0.653. The van der Waals surface area contributed by atoms with Crippen molar-refractivity contribution < 1.29 is 14.3 Å². The number of nitrogens with zero attached hydrogens (tertiary/aromatic N) is 2. The number of carbonyl (C=O) groups is 2. The minimum atomic E-state index is -0.344. The minimum Gasteiger partial charge on any atom is -0.445 e. The SMILES string of the molecule is CN(C(=O)C1CN(C(=O)OCc2ccccc2)C1)C1CCNC1.Cl. The van der Waals surface area contributed by atoms with Crippen LogP contribution in [0.2, 0.25) is 0 Å². The van der Waals surface area contributed by atoms with E-state index in [1.807, 2.05) is 42.3 Å². The zero-order chi connectivity index (χ0) is 16.2. The van der Waals surface area contributed by atoms with Crippen LogP contribution in [0.5, 0.6) is 0 Å². The summed E-state index contributed by atoms with van der Waals surface area (Å²) < 4.78 is 5.27. The van der Waals surface area contributed by atoms with Crippen LogP contribution in [0.25, 0.3) is 0 Å². The van der Waals surface area contributed by atoms with Crippen LogP contribution in [0.4, 0.5) is 4.79 Å². The van der Waals surface area contributed by atoms with Crippen molar-refractivity contribution in [1.82, 2.24) is 15.1 Å². The molecular weight excluding hydrogens is 330 g/mol. The number of hydrogen-bond donors (Lipinski definition) is 1. The average Bonchev–Trinajstić information content (AvgIpc) is 3.06. The maximum atomic E-state index is 12.4. The van der Waals surface area contributed by atoms with Crippen LogP contribution in [-0.4, -0.2) is 61.1 Å². The summed E-state index contributed by atoms with van der Waals surface area (Å²) in [6.45, 7) is 3.00. The Hall–Kier alpha value is -1.79. The molecule has 0 aromatic heterocycles. The second kappa shape index (κ2) is 8.35. The van der Waals surface area contributed by atoms with E-state index in [1.165, 1.54) is 0 Å². The number of likely N-dealkylation sites (tertiary alicyclic amines) is 1. The third-order valence-electron chi connectivity index (χ3n) is 4.62. The van der Waals surface area contributed by atoms with E-state index >= 15 is 0 Å². The molecule has 1 atom stereocenters. The molecule has 0 aliphatic carbocycles. The van der Waals surface area contributed by atoms with E-state index in [1.54, 1.807) is 4.90 Å². The molecule has 132 valence electrons. The van der Waals surface area contributed by atoms with Crippen molar-refractivity contribution in [3.63, 3.8) is 0 Å². The maximum Gasteiger partial charge on any atom is 0.410 e. The van der Waals surface area contributed by atoms with Gasteiger partial charge in [-0.05, 0) is 18.5 Å². The number of nitrogens with one attached hydrogen (secondary N) is 1. The third-order valence-corrected chi connectivity index (χ3v) is 4.62. The van der Waals surface area contributed by atoms with Gasteiger partial charge in [0.05, 0.1) is 5.92 Å². The Morgan fingerprint density at radius 3 is 2.62 bits per heavy atom. The van der Waals surface area contributed by atoms with Crippen LogP contribution in [0.15, 0.2) is 30.3 Å². The van der Waals surface area contributed by atoms with Gasteiger partial charge in [-0.1, -0.05) is 30.3 Å². The second-order valence-electron chi connectivity index (χ2n) is 6.24. The van der Waals surface area contributed by atoms with Gasteiger partial charge in [0.25, 0.3) is 0 Å². The topological polar surface area (TPSA) is 61.9 Å². The molecule has 3 rings (SSSR count). The quantitative estimate of drug-likeness (QED) is 0.891. The van der Waals surface area contributed by atoms with Crippen LogP contribution in [-0.2, 0) is 16.1 Å². The molecule has 0 saturated carbocycles. The molecule has 1 aromatic carbocycles. The Balaban J connectivity index is 0.00000208. The number of likely N-dealkylation sites (N-methyl/N-ethyl adjacent to an activating group) is 1. The van der Waals surface area contributed by atoms with Crippen LogP contribution in [0, 0.1) is 5.92 Å². The van der Waals surface area contributed by atoms with Gasteiger partial charge in [0.2, 0.25) is 5.91 Å². The number of rotatable bonds is 4. The zero-order valence-electron chi connectivity index (χ0n) is 13.8. The number of benzene rings is 1. The summed E-state index contributed by atoms with van der Waals surface area (Å²) >= 11 is 0. The van der Waals surface area contributed by atoms with Gasteiger partial charge in [0, 0.05) is 32.7 Å². The van der Waals surface area contributed by atoms with Gasteiger partial charge < -0.3 is 19.9 Å². The highest BCUT2D eigenvalue weighted by Crippen LogP contribution is 2.21. The van der Waals surface area contributed by atoms with E-state index in [0.29, 0.717) is 13.1 Å². The molecule has 2 saturated heterocycles. The Kier molecular flexibility index (Phi) is 6.45. The molecule has 2 amide bonds. The molecule has 2 heterocycles. The molecule has 2 aliphatic rings. The predicted molar refractivity (Wildman–Crippen MR) is 93.0 cm³/mol. The molecule has 0 spiro atoms. The number of halogens is 1. The highest BCUT2D eigenvalue weighted by molar-refractivity contribution is 5.85. The molecule has 0 bridgehead atoms. The first kappa shape index (κ1) is 18.5. The predicted octanol–water partition coefficient (Wildman–Crippen LogP) is 1.50. The molecule has 1 unspecified atom stereocenters. The van der Waals surface area contributed by atoms with Crippen molar-refractivity contribution in [1.29, 1.82) is 0 Å². The Morgan fingerprint density at radius 1 is 1.29 bits per heavy atom. The first-order valence-electron chi connectivity index (χ1n) is 8.08. The van der Waals surface area contributed by atoms with Crippen molar-refractivity contribution in [3.05, 3.63) is 35.9 Å². The molecule has 1 aromatic rings. The fourth-order valence-electron chi connectivity index (χ4n) is 3.03. The van der Waals surface area contributed by atoms with Crippen molar-refractivity contribution in [2.24, 2.45) is 5.92 Å². The van der Waals surface area contributed by atoms with Gasteiger partial charge in [0.1, 0.15) is 6.61 Å². The van der Waals surface area contributed by atoms with E-state index in [4.69, 9.17) is 4.74 Å². The Bertz CT molecular complexity index is 557. The van der Waals surface area contributed by atoms with Crippen LogP contribution in [0.1, 0.15) is 12.0 Å². The van der Waals surface area contributed by atoms with Gasteiger partial charge in [-0.2, -0.15) is 0 Å². The number of hydrogen-bond acceptors (Lipinski definition) is 4. The third kappa shape index (κ3) is 4.19. The van der Waals surface area contributed by atoms with E-state index in [-0.39, 0.29) is 43.0 Å². The summed E-state index contributed by atoms with van der Waals surface area (Å²) in [7, 11) is 1.86. The molecule has 0 radical (unpaired) electrons. The van der Waals surface area contributed by atoms with Crippen molar-refractivity contribution >= 4 is 24.4 Å². The van der Waals surface area contributed by atoms with Crippen molar-refractivity contribution in [3.8, 4) is 0 Å². The molecule has 2 fully saturated rings. The average molecular weight is 354 g/mol. The minimum absolute atomic E-state index is 0. The van der Waals surface area contributed by atoms with Gasteiger partial charge in [-0.3, -0.25) is 4.79 Å². The summed E-state index contributed by atoms with van der Waals surface area (Å²) in [5.41, 5.74) is 0.961. The standard InChI is InChI=1S/C17H23N3O3.ClH/c1-19(15-7-8-18-9-15)16(21)14-10-20(11-14)17(22)23-12-13-5-3-2-4-6-13;/h2-6,14-15,18H,7-12H2,1H3;1H. The lowest BCUT2D eigenvalue weighted by Crippen LogP contribution is -2.57. The van der Waals surface area contributed by atoms with E-state index in [0.717, 1.165) is 25.1 Å². The van der Waals surface area contributed by atoms with Crippen LogP contribution in [0.3, 0.4) is 0 Å². The Morgan fingerprint density at radius 2 is 2.00 bits per heavy atom. The zero-order valence-corrected chi connectivity index (χ0v) is 14.6. The number of carbonyl (C=O) groups excluding carboxylic acids is 2. The normalized spacial score (nSPS) is 20.0. The first-order valence-corrected chi connectivity index (χ1v) is 8.08. The lowest BCUT2D eigenvalue weighted by Gasteiger charge is -2.40. The second-order valence-corrected chi connectivity index (χ2v) is 6.24. The molecule has 24 heavy (non-hydrogen) atoms. The highest BCUT2D eigenvalue weighted by Gasteiger charge is 2.39. The lowest BCUT2D eigenvalue weighted by atomic mass is 9.98. The fraction of sp³-hybridized carbons (Fsp3) is 0.529. The monoisotopic (exact) mass is 353 g/mol. The van der Waals surface area contributed by atoms with Gasteiger partial charge in [-0.25, -0.2) is 4.79 Å². The van der Waals surface area contributed by atoms with Crippen molar-refractivity contribution in [2.45, 2.75) is 19.1 Å². The summed E-state index contributed by atoms with van der Waals surface area (Å²) in [5, 5.41) is 3.26. The van der Waals surface area contributed by atoms with Crippen LogP contribution >= 0.6 is 12.4 Å². The largest absolute Gasteiger partial charge is 0.445 e. The molecular formula is C17H24ClN3O3.